The first-order valence-corrected chi connectivity index (χ1v) is 31.2. The molecule has 0 aliphatic rings. The predicted molar refractivity (Wildman–Crippen MR) is 312 cm³/mol. The molecule has 0 rings (SSSR count). The third kappa shape index (κ3) is 58.1. The lowest BCUT2D eigenvalue weighted by Crippen LogP contribution is -2.29. The molecule has 0 saturated heterocycles. The Morgan fingerprint density at radius 1 is 0.411 bits per heavy atom. The van der Waals surface area contributed by atoms with Crippen molar-refractivity contribution in [1.82, 2.24) is 0 Å². The zero-order valence-corrected chi connectivity index (χ0v) is 47.7. The summed E-state index contributed by atoms with van der Waals surface area (Å²) < 4.78 is 33.0. The molecule has 0 aliphatic carbocycles. The monoisotopic (exact) mass is 1040 g/mol. The van der Waals surface area contributed by atoms with E-state index in [0.29, 0.717) is 12.8 Å². The van der Waals surface area contributed by atoms with Crippen molar-refractivity contribution in [2.75, 3.05) is 26.4 Å². The summed E-state index contributed by atoms with van der Waals surface area (Å²) in [6.45, 7) is 3.52. The smallest absolute Gasteiger partial charge is 0.462 e. The standard InChI is InChI=1S/C63H110NO8P/c1-3-5-7-9-11-13-15-17-19-21-23-24-25-26-27-28-29-30-31-32-33-34-35-36-38-40-42-44-46-48-50-52-54-56-63(66)72-61(60-71-73(67,68)70-58-57-64)59-69-62(65)55-53-51-49-47-45-43-41-39-37-22-20-18-16-14-12-10-8-6-4-2/h5-8,11-14,17-20,23-24,37,39,61H,3-4,9-10,15-16,21-22,25-36,38,40-60,64H2,1-2H3,(H,67,68)/b7-5-,8-6-,13-11-,14-12-,19-17-,20-18-,24-23-,39-37-. The van der Waals surface area contributed by atoms with Gasteiger partial charge in [0.15, 0.2) is 6.10 Å². The normalized spacial score (nSPS) is 13.8. The van der Waals surface area contributed by atoms with Crippen molar-refractivity contribution >= 4 is 19.8 Å². The summed E-state index contributed by atoms with van der Waals surface area (Å²) >= 11 is 0. The van der Waals surface area contributed by atoms with Crippen molar-refractivity contribution in [1.29, 1.82) is 0 Å². The molecule has 420 valence electrons. The van der Waals surface area contributed by atoms with E-state index in [1.807, 2.05) is 0 Å². The molecule has 0 heterocycles. The van der Waals surface area contributed by atoms with Gasteiger partial charge >= 0.3 is 19.8 Å². The largest absolute Gasteiger partial charge is 0.472 e. The SMILES string of the molecule is CC/C=C\C/C=C\C/C=C\C/C=C\CCCCCCCCCCCCCCCCCCCCCCC(=O)OC(COC(=O)CCCCCCCC/C=C\C/C=C\C/C=C\C/C=C\CC)COP(=O)(O)OCCN. The first kappa shape index (κ1) is 69.9. The topological polar surface area (TPSA) is 134 Å². The molecule has 10 heteroatoms. The third-order valence-corrected chi connectivity index (χ3v) is 13.4. The number of allylic oxidation sites excluding steroid dienone is 16. The summed E-state index contributed by atoms with van der Waals surface area (Å²) in [6.07, 6.45) is 77.6. The van der Waals surface area contributed by atoms with Crippen LogP contribution in [0.5, 0.6) is 0 Å². The van der Waals surface area contributed by atoms with Gasteiger partial charge in [0.25, 0.3) is 0 Å². The average molecular weight is 1040 g/mol. The zero-order chi connectivity index (χ0) is 53.1. The van der Waals surface area contributed by atoms with Crippen LogP contribution in [0, 0.1) is 0 Å². The first-order chi connectivity index (χ1) is 35.8. The Morgan fingerprint density at radius 2 is 0.712 bits per heavy atom. The van der Waals surface area contributed by atoms with Gasteiger partial charge in [0.2, 0.25) is 0 Å². The maximum atomic E-state index is 12.7. The summed E-state index contributed by atoms with van der Waals surface area (Å²) in [4.78, 5) is 35.2. The molecular weight excluding hydrogens is 930 g/mol. The van der Waals surface area contributed by atoms with Crippen LogP contribution in [0.1, 0.15) is 258 Å². The third-order valence-electron chi connectivity index (χ3n) is 12.5. The van der Waals surface area contributed by atoms with Crippen LogP contribution in [0.2, 0.25) is 0 Å². The highest BCUT2D eigenvalue weighted by Crippen LogP contribution is 2.43. The Bertz CT molecular complexity index is 1510. The number of carbonyl (C=O) groups is 2. The number of ether oxygens (including phenoxy) is 2. The summed E-state index contributed by atoms with van der Waals surface area (Å²) in [5.41, 5.74) is 5.38. The van der Waals surface area contributed by atoms with Crippen LogP contribution >= 0.6 is 7.82 Å². The summed E-state index contributed by atoms with van der Waals surface area (Å²) in [7, 11) is -4.39. The number of rotatable bonds is 55. The van der Waals surface area contributed by atoms with E-state index in [1.54, 1.807) is 0 Å². The summed E-state index contributed by atoms with van der Waals surface area (Å²) in [5.74, 6) is -0.841. The van der Waals surface area contributed by atoms with Crippen LogP contribution in [0.15, 0.2) is 97.2 Å². The molecule has 0 radical (unpaired) electrons. The molecule has 0 bridgehead atoms. The zero-order valence-electron chi connectivity index (χ0n) is 46.8. The Kier molecular flexibility index (Phi) is 55.7. The van der Waals surface area contributed by atoms with Crippen molar-refractivity contribution in [3.8, 4) is 0 Å². The van der Waals surface area contributed by atoms with Crippen LogP contribution in [0.3, 0.4) is 0 Å². The van der Waals surface area contributed by atoms with Crippen LogP contribution in [-0.4, -0.2) is 49.3 Å². The lowest BCUT2D eigenvalue weighted by atomic mass is 10.0. The molecule has 0 aromatic carbocycles. The van der Waals surface area contributed by atoms with Gasteiger partial charge in [-0.25, -0.2) is 4.57 Å². The van der Waals surface area contributed by atoms with Crippen molar-refractivity contribution in [3.63, 3.8) is 0 Å². The molecule has 73 heavy (non-hydrogen) atoms. The van der Waals surface area contributed by atoms with Gasteiger partial charge in [0.1, 0.15) is 6.61 Å². The molecule has 0 aliphatic heterocycles. The van der Waals surface area contributed by atoms with Gasteiger partial charge in [-0.1, -0.05) is 252 Å². The number of nitrogens with two attached hydrogens (primary N) is 1. The predicted octanol–water partition coefficient (Wildman–Crippen LogP) is 18.8. The molecule has 2 unspecified atom stereocenters. The fraction of sp³-hybridized carbons (Fsp3) is 0.714. The van der Waals surface area contributed by atoms with E-state index in [9.17, 15) is 19.0 Å². The van der Waals surface area contributed by atoms with E-state index in [0.717, 1.165) is 109 Å². The number of carbonyl (C=O) groups excluding carboxylic acids is 2. The molecule has 2 atom stereocenters. The molecule has 0 spiro atoms. The number of unbranched alkanes of at least 4 members (excludes halogenated alkanes) is 26. The quantitative estimate of drug-likeness (QED) is 0.0264. The van der Waals surface area contributed by atoms with Crippen molar-refractivity contribution in [3.05, 3.63) is 97.2 Å². The van der Waals surface area contributed by atoms with Crippen molar-refractivity contribution in [2.45, 2.75) is 264 Å². The fourth-order valence-electron chi connectivity index (χ4n) is 8.15. The minimum Gasteiger partial charge on any atom is -0.462 e. The van der Waals surface area contributed by atoms with E-state index < -0.39 is 32.5 Å². The van der Waals surface area contributed by atoms with E-state index in [4.69, 9.17) is 24.3 Å². The lowest BCUT2D eigenvalue weighted by Gasteiger charge is -2.19. The summed E-state index contributed by atoms with van der Waals surface area (Å²) in [6, 6.07) is 0. The highest BCUT2D eigenvalue weighted by atomic mass is 31.2. The highest BCUT2D eigenvalue weighted by Gasteiger charge is 2.26. The van der Waals surface area contributed by atoms with E-state index >= 15 is 0 Å². The lowest BCUT2D eigenvalue weighted by molar-refractivity contribution is -0.161. The van der Waals surface area contributed by atoms with Gasteiger partial charge in [0, 0.05) is 19.4 Å². The van der Waals surface area contributed by atoms with Crippen LogP contribution in [0.25, 0.3) is 0 Å². The fourth-order valence-corrected chi connectivity index (χ4v) is 8.91. The van der Waals surface area contributed by atoms with Gasteiger partial charge in [-0.05, 0) is 89.9 Å². The van der Waals surface area contributed by atoms with Crippen molar-refractivity contribution in [2.24, 2.45) is 5.73 Å². The van der Waals surface area contributed by atoms with Crippen molar-refractivity contribution < 1.29 is 37.6 Å². The summed E-state index contributed by atoms with van der Waals surface area (Å²) in [5, 5.41) is 0. The number of phosphoric ester groups is 1. The molecule has 3 N–H and O–H groups in total. The molecule has 0 amide bonds. The number of hydrogen-bond donors (Lipinski definition) is 2. The van der Waals surface area contributed by atoms with E-state index in [-0.39, 0.29) is 32.6 Å². The van der Waals surface area contributed by atoms with E-state index in [2.05, 4.69) is 111 Å². The second kappa shape index (κ2) is 58.2. The van der Waals surface area contributed by atoms with Crippen LogP contribution in [-0.2, 0) is 32.7 Å². The molecule has 0 fully saturated rings. The highest BCUT2D eigenvalue weighted by molar-refractivity contribution is 7.47. The number of phosphoric acid groups is 1. The molecule has 0 aromatic rings. The molecular formula is C63H110NO8P. The van der Waals surface area contributed by atoms with Crippen LogP contribution < -0.4 is 5.73 Å². The minimum absolute atomic E-state index is 0.0483. The Morgan fingerprint density at radius 3 is 1.05 bits per heavy atom. The Labute approximate surface area is 448 Å². The van der Waals surface area contributed by atoms with Gasteiger partial charge < -0.3 is 20.1 Å². The van der Waals surface area contributed by atoms with E-state index in [1.165, 1.54) is 109 Å². The number of esters is 2. The number of hydrogen-bond acceptors (Lipinski definition) is 8. The van der Waals surface area contributed by atoms with Gasteiger partial charge in [0.05, 0.1) is 13.2 Å². The Hall–Kier alpha value is -3.07. The first-order valence-electron chi connectivity index (χ1n) is 29.7. The van der Waals surface area contributed by atoms with Gasteiger partial charge in [-0.3, -0.25) is 18.6 Å². The average Bonchev–Trinajstić information content (AvgIpc) is 3.38. The maximum Gasteiger partial charge on any atom is 0.472 e. The molecule has 0 saturated carbocycles. The van der Waals surface area contributed by atoms with Gasteiger partial charge in [-0.15, -0.1) is 0 Å². The molecule has 0 aromatic heterocycles. The maximum absolute atomic E-state index is 12.7. The van der Waals surface area contributed by atoms with Crippen LogP contribution in [0.4, 0.5) is 0 Å². The Balaban J connectivity index is 3.91. The van der Waals surface area contributed by atoms with Gasteiger partial charge in [-0.2, -0.15) is 0 Å². The minimum atomic E-state index is -4.39. The second-order valence-corrected chi connectivity index (χ2v) is 20.9. The molecule has 9 nitrogen and oxygen atoms in total. The second-order valence-electron chi connectivity index (χ2n) is 19.5.